The van der Waals surface area contributed by atoms with Gasteiger partial charge in [0.2, 0.25) is 0 Å². The highest BCUT2D eigenvalue weighted by Crippen LogP contribution is 2.24. The zero-order valence-corrected chi connectivity index (χ0v) is 11.6. The summed E-state index contributed by atoms with van der Waals surface area (Å²) in [5, 5.41) is 1.01. The Kier molecular flexibility index (Phi) is 5.20. The lowest BCUT2D eigenvalue weighted by Crippen LogP contribution is -2.33. The van der Waals surface area contributed by atoms with Crippen molar-refractivity contribution in [1.29, 1.82) is 0 Å². The molecule has 0 amide bonds. The number of nitrogens with two attached hydrogens (primary N) is 1. The van der Waals surface area contributed by atoms with E-state index in [4.69, 9.17) is 10.5 Å². The van der Waals surface area contributed by atoms with Crippen molar-refractivity contribution in [1.82, 2.24) is 4.98 Å². The largest absolute Gasteiger partial charge is 0.497 e. The van der Waals surface area contributed by atoms with Gasteiger partial charge < -0.3 is 20.2 Å². The topological polar surface area (TPSA) is 77.3 Å². The van der Waals surface area contributed by atoms with Gasteiger partial charge >= 0.3 is 5.97 Å². The van der Waals surface area contributed by atoms with Crippen LogP contribution in [0.4, 0.5) is 0 Å². The number of hydrogen-bond acceptors (Lipinski definition) is 4. The highest BCUT2D eigenvalue weighted by Gasteiger charge is 2.16. The van der Waals surface area contributed by atoms with Crippen molar-refractivity contribution < 1.29 is 14.3 Å². The molecule has 0 unspecified atom stereocenters. The maximum Gasteiger partial charge on any atom is 0.322 e. The second-order valence-electron chi connectivity index (χ2n) is 4.06. The van der Waals surface area contributed by atoms with E-state index in [0.29, 0.717) is 6.42 Å². The van der Waals surface area contributed by atoms with Gasteiger partial charge in [0.15, 0.2) is 0 Å². The van der Waals surface area contributed by atoms with Crippen molar-refractivity contribution in [3.63, 3.8) is 0 Å². The number of carbonyl (C=O) groups excluding carboxylic acids is 1. The van der Waals surface area contributed by atoms with E-state index in [0.717, 1.165) is 22.2 Å². The predicted octanol–water partition coefficient (Wildman–Crippen LogP) is 1.64. The van der Waals surface area contributed by atoms with Crippen LogP contribution in [-0.4, -0.2) is 31.2 Å². The highest BCUT2D eigenvalue weighted by molar-refractivity contribution is 5.86. The van der Waals surface area contributed by atoms with Gasteiger partial charge in [-0.05, 0) is 23.8 Å². The van der Waals surface area contributed by atoms with Crippen molar-refractivity contribution in [2.45, 2.75) is 12.5 Å². The Morgan fingerprint density at radius 3 is 2.79 bits per heavy atom. The van der Waals surface area contributed by atoms with Crippen LogP contribution < -0.4 is 10.5 Å². The second kappa shape index (κ2) is 6.45. The lowest BCUT2D eigenvalue weighted by atomic mass is 10.1. The molecule has 1 atom stereocenters. The molecule has 0 fully saturated rings. The number of fused-ring (bicyclic) bond motifs is 1. The van der Waals surface area contributed by atoms with Crippen LogP contribution in [0.3, 0.4) is 0 Å². The van der Waals surface area contributed by atoms with Crippen LogP contribution >= 0.6 is 12.4 Å². The summed E-state index contributed by atoms with van der Waals surface area (Å²) in [4.78, 5) is 14.5. The Morgan fingerprint density at radius 1 is 1.42 bits per heavy atom. The van der Waals surface area contributed by atoms with Crippen molar-refractivity contribution in [3.8, 4) is 5.75 Å². The first kappa shape index (κ1) is 15.3. The number of benzene rings is 1. The molecule has 0 aliphatic carbocycles. The molecule has 0 saturated heterocycles. The molecule has 104 valence electrons. The van der Waals surface area contributed by atoms with Crippen molar-refractivity contribution >= 4 is 29.3 Å². The molecule has 0 saturated carbocycles. The SMILES string of the molecule is COC(=O)[C@@H](N)Cc1c[nH]c2ccc(OC)cc12.Cl. The Morgan fingerprint density at radius 2 is 2.16 bits per heavy atom. The Balaban J connectivity index is 0.00000180. The molecular formula is C13H17ClN2O3. The van der Waals surface area contributed by atoms with Gasteiger partial charge in [-0.3, -0.25) is 4.79 Å². The summed E-state index contributed by atoms with van der Waals surface area (Å²) in [6.45, 7) is 0. The van der Waals surface area contributed by atoms with Crippen LogP contribution in [0.2, 0.25) is 0 Å². The van der Waals surface area contributed by atoms with E-state index in [1.807, 2.05) is 24.4 Å². The van der Waals surface area contributed by atoms with E-state index in [-0.39, 0.29) is 12.4 Å². The smallest absolute Gasteiger partial charge is 0.322 e. The van der Waals surface area contributed by atoms with Crippen molar-refractivity contribution in [3.05, 3.63) is 30.0 Å². The minimum absolute atomic E-state index is 0. The Labute approximate surface area is 117 Å². The first-order valence-corrected chi connectivity index (χ1v) is 5.63. The minimum atomic E-state index is -0.653. The number of ether oxygens (including phenoxy) is 2. The molecule has 1 aromatic heterocycles. The first-order chi connectivity index (χ1) is 8.65. The number of hydrogen-bond donors (Lipinski definition) is 2. The number of aromatic nitrogens is 1. The fourth-order valence-electron chi connectivity index (χ4n) is 1.93. The van der Waals surface area contributed by atoms with E-state index >= 15 is 0 Å². The number of rotatable bonds is 4. The normalized spacial score (nSPS) is 11.7. The maximum absolute atomic E-state index is 11.3. The van der Waals surface area contributed by atoms with Crippen LogP contribution in [0.25, 0.3) is 10.9 Å². The molecule has 2 aromatic rings. The zero-order chi connectivity index (χ0) is 13.1. The molecular weight excluding hydrogens is 268 g/mol. The number of halogens is 1. The third-order valence-electron chi connectivity index (χ3n) is 2.92. The van der Waals surface area contributed by atoms with Gasteiger partial charge in [0, 0.05) is 23.5 Å². The quantitative estimate of drug-likeness (QED) is 0.837. The molecule has 0 aliphatic rings. The van der Waals surface area contributed by atoms with Crippen LogP contribution in [0.5, 0.6) is 5.75 Å². The van der Waals surface area contributed by atoms with Crippen LogP contribution in [0.15, 0.2) is 24.4 Å². The Hall–Kier alpha value is -1.72. The molecule has 2 rings (SSSR count). The molecule has 0 radical (unpaired) electrons. The van der Waals surface area contributed by atoms with Crippen LogP contribution in [0, 0.1) is 0 Å². The Bertz CT molecular complexity index is 568. The van der Waals surface area contributed by atoms with Gasteiger partial charge in [-0.1, -0.05) is 0 Å². The van der Waals surface area contributed by atoms with Crippen molar-refractivity contribution in [2.24, 2.45) is 5.73 Å². The summed E-state index contributed by atoms with van der Waals surface area (Å²) < 4.78 is 9.80. The van der Waals surface area contributed by atoms with Gasteiger partial charge in [-0.2, -0.15) is 0 Å². The van der Waals surface area contributed by atoms with Crippen LogP contribution in [0.1, 0.15) is 5.56 Å². The summed E-state index contributed by atoms with van der Waals surface area (Å²) in [6, 6.07) is 5.08. The van der Waals surface area contributed by atoms with E-state index < -0.39 is 12.0 Å². The van der Waals surface area contributed by atoms with E-state index in [1.165, 1.54) is 7.11 Å². The minimum Gasteiger partial charge on any atom is -0.497 e. The zero-order valence-electron chi connectivity index (χ0n) is 10.8. The molecule has 1 aromatic carbocycles. The van der Waals surface area contributed by atoms with Gasteiger partial charge in [-0.25, -0.2) is 0 Å². The third kappa shape index (κ3) is 3.19. The molecule has 3 N–H and O–H groups in total. The van der Waals surface area contributed by atoms with Crippen LogP contribution in [-0.2, 0) is 16.0 Å². The summed E-state index contributed by atoms with van der Waals surface area (Å²) in [5.74, 6) is 0.363. The van der Waals surface area contributed by atoms with E-state index in [1.54, 1.807) is 7.11 Å². The van der Waals surface area contributed by atoms with Gasteiger partial charge in [0.05, 0.1) is 14.2 Å². The molecule has 5 nitrogen and oxygen atoms in total. The average Bonchev–Trinajstić information content (AvgIpc) is 2.80. The second-order valence-corrected chi connectivity index (χ2v) is 4.06. The average molecular weight is 285 g/mol. The molecule has 0 aliphatic heterocycles. The summed E-state index contributed by atoms with van der Waals surface area (Å²) in [5.41, 5.74) is 7.72. The van der Waals surface area contributed by atoms with Gasteiger partial charge in [0.1, 0.15) is 11.8 Å². The standard InChI is InChI=1S/C13H16N2O3.ClH/c1-17-9-3-4-12-10(6-9)8(7-15-12)5-11(14)13(16)18-2;/h3-4,6-7,11,15H,5,14H2,1-2H3;1H/t11-;/m0./s1. The van der Waals surface area contributed by atoms with Gasteiger partial charge in [-0.15, -0.1) is 12.4 Å². The maximum atomic E-state index is 11.3. The molecule has 6 heteroatoms. The number of H-pyrrole nitrogens is 1. The van der Waals surface area contributed by atoms with Gasteiger partial charge in [0.25, 0.3) is 0 Å². The summed E-state index contributed by atoms with van der Waals surface area (Å²) >= 11 is 0. The summed E-state index contributed by atoms with van der Waals surface area (Å²) in [6.07, 6.45) is 2.28. The number of esters is 1. The van der Waals surface area contributed by atoms with E-state index in [2.05, 4.69) is 9.72 Å². The first-order valence-electron chi connectivity index (χ1n) is 5.63. The predicted molar refractivity (Wildman–Crippen MR) is 75.8 cm³/mol. The lowest BCUT2D eigenvalue weighted by Gasteiger charge is -2.08. The molecule has 19 heavy (non-hydrogen) atoms. The molecule has 1 heterocycles. The third-order valence-corrected chi connectivity index (χ3v) is 2.92. The summed E-state index contributed by atoms with van der Waals surface area (Å²) in [7, 11) is 2.95. The van der Waals surface area contributed by atoms with Crippen molar-refractivity contribution in [2.75, 3.05) is 14.2 Å². The lowest BCUT2D eigenvalue weighted by molar-refractivity contribution is -0.142. The number of methoxy groups -OCH3 is 2. The number of carbonyl (C=O) groups is 1. The number of nitrogens with one attached hydrogen (secondary N) is 1. The highest BCUT2D eigenvalue weighted by atomic mass is 35.5. The molecule has 0 spiro atoms. The monoisotopic (exact) mass is 284 g/mol. The van der Waals surface area contributed by atoms with E-state index in [9.17, 15) is 4.79 Å². The molecule has 0 bridgehead atoms. The number of aromatic amines is 1. The fraction of sp³-hybridized carbons (Fsp3) is 0.308. The fourth-order valence-corrected chi connectivity index (χ4v) is 1.93.